The van der Waals surface area contributed by atoms with E-state index in [4.69, 9.17) is 11.6 Å². The quantitative estimate of drug-likeness (QED) is 0.507. The van der Waals surface area contributed by atoms with Gasteiger partial charge in [-0.3, -0.25) is 4.98 Å². The van der Waals surface area contributed by atoms with Gasteiger partial charge in [0, 0.05) is 35.4 Å². The molecule has 144 valence electrons. The second-order valence-corrected chi connectivity index (χ2v) is 7.28. The van der Waals surface area contributed by atoms with Crippen LogP contribution in [-0.2, 0) is 6.54 Å². The molecule has 1 heterocycles. The molecule has 0 radical (unpaired) electrons. The lowest BCUT2D eigenvalue weighted by Gasteiger charge is -2.16. The standard InChI is InChI=1S/C22H25ClN2O.CH4/c1-16(4-2-7-22(26)19-5-3-6-21(23)13-19)25-14-17-8-9-20-15-24-11-10-18(20)12-17;/h3,5-6,8-13,15-16,22,25-26H,2,4,7,14H2,1H3;1H4/t16-,22?;/m1./s1. The van der Waals surface area contributed by atoms with E-state index in [1.807, 2.05) is 42.7 Å². The fourth-order valence-corrected chi connectivity index (χ4v) is 3.33. The third-order valence-corrected chi connectivity index (χ3v) is 4.94. The van der Waals surface area contributed by atoms with Crippen molar-refractivity contribution in [1.29, 1.82) is 0 Å². The number of pyridine rings is 1. The first-order chi connectivity index (χ1) is 12.6. The minimum atomic E-state index is -0.449. The molecule has 1 unspecified atom stereocenters. The molecule has 0 bridgehead atoms. The van der Waals surface area contributed by atoms with E-state index in [0.29, 0.717) is 11.1 Å². The highest BCUT2D eigenvalue weighted by molar-refractivity contribution is 6.30. The van der Waals surface area contributed by atoms with Crippen LogP contribution in [0.3, 0.4) is 0 Å². The predicted molar refractivity (Wildman–Crippen MR) is 115 cm³/mol. The van der Waals surface area contributed by atoms with E-state index in [0.717, 1.165) is 31.4 Å². The summed E-state index contributed by atoms with van der Waals surface area (Å²) in [7, 11) is 0. The first-order valence-corrected chi connectivity index (χ1v) is 9.49. The van der Waals surface area contributed by atoms with Crippen LogP contribution in [0.15, 0.2) is 60.9 Å². The van der Waals surface area contributed by atoms with Crippen LogP contribution in [0.2, 0.25) is 5.02 Å². The Labute approximate surface area is 167 Å². The number of aromatic nitrogens is 1. The lowest BCUT2D eigenvalue weighted by Crippen LogP contribution is -2.25. The molecule has 0 aliphatic rings. The molecule has 0 aliphatic carbocycles. The molecule has 0 aliphatic heterocycles. The number of nitrogens with one attached hydrogen (secondary N) is 1. The largest absolute Gasteiger partial charge is 0.388 e. The van der Waals surface area contributed by atoms with Gasteiger partial charge < -0.3 is 10.4 Å². The van der Waals surface area contributed by atoms with Crippen LogP contribution in [0.1, 0.15) is 50.8 Å². The molecule has 27 heavy (non-hydrogen) atoms. The SMILES string of the molecule is C.C[C@H](CCCC(O)c1cccc(Cl)c1)NCc1ccc2cnccc2c1. The van der Waals surface area contributed by atoms with Gasteiger partial charge in [-0.2, -0.15) is 0 Å². The Kier molecular flexibility index (Phi) is 8.23. The number of hydrogen-bond acceptors (Lipinski definition) is 3. The molecule has 2 N–H and O–H groups in total. The van der Waals surface area contributed by atoms with Crippen LogP contribution in [-0.4, -0.2) is 16.1 Å². The predicted octanol–water partition coefficient (Wildman–Crippen LogP) is 5.91. The van der Waals surface area contributed by atoms with E-state index < -0.39 is 6.10 Å². The zero-order valence-electron chi connectivity index (χ0n) is 15.0. The number of aliphatic hydroxyl groups excluding tert-OH is 1. The number of nitrogens with zero attached hydrogens (tertiary/aromatic N) is 1. The monoisotopic (exact) mass is 384 g/mol. The van der Waals surface area contributed by atoms with Gasteiger partial charge in [0.2, 0.25) is 0 Å². The van der Waals surface area contributed by atoms with Gasteiger partial charge in [0.15, 0.2) is 0 Å². The average molecular weight is 385 g/mol. The van der Waals surface area contributed by atoms with Crippen molar-refractivity contribution in [3.05, 3.63) is 77.1 Å². The summed E-state index contributed by atoms with van der Waals surface area (Å²) in [5.41, 5.74) is 2.17. The van der Waals surface area contributed by atoms with Gasteiger partial charge in [-0.25, -0.2) is 0 Å². The number of rotatable bonds is 8. The molecular weight excluding hydrogens is 356 g/mol. The molecule has 0 fully saturated rings. The molecule has 3 aromatic rings. The third kappa shape index (κ3) is 6.31. The zero-order valence-corrected chi connectivity index (χ0v) is 15.8. The molecule has 3 nitrogen and oxygen atoms in total. The minimum Gasteiger partial charge on any atom is -0.388 e. The van der Waals surface area contributed by atoms with E-state index in [9.17, 15) is 5.11 Å². The molecule has 0 saturated carbocycles. The number of fused-ring (bicyclic) bond motifs is 1. The molecule has 3 rings (SSSR count). The summed E-state index contributed by atoms with van der Waals surface area (Å²) in [6, 6.07) is 16.4. The Morgan fingerprint density at radius 2 is 1.93 bits per heavy atom. The smallest absolute Gasteiger partial charge is 0.0790 e. The minimum absolute atomic E-state index is 0. The topological polar surface area (TPSA) is 45.1 Å². The normalized spacial score (nSPS) is 13.1. The fraction of sp³-hybridized carbons (Fsp3) is 0.348. The Hall–Kier alpha value is -1.94. The van der Waals surface area contributed by atoms with Gasteiger partial charge in [-0.1, -0.05) is 43.3 Å². The molecule has 4 heteroatoms. The first kappa shape index (κ1) is 21.4. The number of aliphatic hydroxyl groups is 1. The molecule has 0 saturated heterocycles. The van der Waals surface area contributed by atoms with Gasteiger partial charge >= 0.3 is 0 Å². The van der Waals surface area contributed by atoms with Gasteiger partial charge in [0.05, 0.1) is 6.10 Å². The second kappa shape index (κ2) is 10.4. The van der Waals surface area contributed by atoms with Crippen LogP contribution < -0.4 is 5.32 Å². The number of halogens is 1. The fourth-order valence-electron chi connectivity index (χ4n) is 3.13. The van der Waals surface area contributed by atoms with Crippen molar-refractivity contribution in [2.45, 2.75) is 52.3 Å². The van der Waals surface area contributed by atoms with Gasteiger partial charge in [-0.05, 0) is 67.0 Å². The zero-order chi connectivity index (χ0) is 18.4. The van der Waals surface area contributed by atoms with Crippen LogP contribution >= 0.6 is 11.6 Å². The van der Waals surface area contributed by atoms with E-state index in [2.05, 4.69) is 35.4 Å². The van der Waals surface area contributed by atoms with E-state index in [1.165, 1.54) is 16.3 Å². The van der Waals surface area contributed by atoms with Gasteiger partial charge in [-0.15, -0.1) is 0 Å². The van der Waals surface area contributed by atoms with Crippen molar-refractivity contribution < 1.29 is 5.11 Å². The molecule has 2 atom stereocenters. The summed E-state index contributed by atoms with van der Waals surface area (Å²) in [4.78, 5) is 4.15. The van der Waals surface area contributed by atoms with Crippen molar-refractivity contribution in [2.24, 2.45) is 0 Å². The Morgan fingerprint density at radius 3 is 2.74 bits per heavy atom. The number of benzene rings is 2. The van der Waals surface area contributed by atoms with Crippen molar-refractivity contribution >= 4 is 22.4 Å². The van der Waals surface area contributed by atoms with E-state index in [1.54, 1.807) is 0 Å². The first-order valence-electron chi connectivity index (χ1n) is 9.11. The summed E-state index contributed by atoms with van der Waals surface area (Å²) in [5, 5.41) is 16.9. The maximum atomic E-state index is 10.3. The Balaban J connectivity index is 0.00000261. The second-order valence-electron chi connectivity index (χ2n) is 6.84. The van der Waals surface area contributed by atoms with Crippen LogP contribution in [0.25, 0.3) is 10.8 Å². The lowest BCUT2D eigenvalue weighted by molar-refractivity contribution is 0.162. The summed E-state index contributed by atoms with van der Waals surface area (Å²) in [6.45, 7) is 3.03. The summed E-state index contributed by atoms with van der Waals surface area (Å²) >= 11 is 5.98. The average Bonchev–Trinajstić information content (AvgIpc) is 2.66. The van der Waals surface area contributed by atoms with Crippen LogP contribution in [0.5, 0.6) is 0 Å². The van der Waals surface area contributed by atoms with Crippen molar-refractivity contribution in [2.75, 3.05) is 0 Å². The maximum Gasteiger partial charge on any atom is 0.0790 e. The highest BCUT2D eigenvalue weighted by Gasteiger charge is 2.09. The summed E-state index contributed by atoms with van der Waals surface area (Å²) in [5.74, 6) is 0. The van der Waals surface area contributed by atoms with Crippen molar-refractivity contribution in [3.8, 4) is 0 Å². The van der Waals surface area contributed by atoms with Gasteiger partial charge in [0.1, 0.15) is 0 Å². The van der Waals surface area contributed by atoms with E-state index in [-0.39, 0.29) is 7.43 Å². The maximum absolute atomic E-state index is 10.3. The summed E-state index contributed by atoms with van der Waals surface area (Å²) < 4.78 is 0. The lowest BCUT2D eigenvalue weighted by atomic mass is 10.0. The highest BCUT2D eigenvalue weighted by Crippen LogP contribution is 2.22. The molecular formula is C23H29ClN2O. The Morgan fingerprint density at radius 1 is 1.07 bits per heavy atom. The number of hydrogen-bond donors (Lipinski definition) is 2. The van der Waals surface area contributed by atoms with E-state index >= 15 is 0 Å². The molecule has 0 spiro atoms. The van der Waals surface area contributed by atoms with Crippen molar-refractivity contribution in [3.63, 3.8) is 0 Å². The van der Waals surface area contributed by atoms with Crippen LogP contribution in [0, 0.1) is 0 Å². The third-order valence-electron chi connectivity index (χ3n) is 4.71. The van der Waals surface area contributed by atoms with Gasteiger partial charge in [0.25, 0.3) is 0 Å². The molecule has 1 aromatic heterocycles. The van der Waals surface area contributed by atoms with Crippen molar-refractivity contribution in [1.82, 2.24) is 10.3 Å². The van der Waals surface area contributed by atoms with Crippen LogP contribution in [0.4, 0.5) is 0 Å². The Bertz CT molecular complexity index is 852. The molecule has 0 amide bonds. The molecule has 2 aromatic carbocycles. The summed E-state index contributed by atoms with van der Waals surface area (Å²) in [6.07, 6.45) is 6.00. The highest BCUT2D eigenvalue weighted by atomic mass is 35.5.